The fraction of sp³-hybridized carbons (Fsp3) is 0.200. The fourth-order valence-corrected chi connectivity index (χ4v) is 4.57. The molecule has 0 unspecified atom stereocenters. The summed E-state index contributed by atoms with van der Waals surface area (Å²) in [6.45, 7) is 2.18. The Labute approximate surface area is 157 Å². The Morgan fingerprint density at radius 2 is 1.96 bits per heavy atom. The van der Waals surface area contributed by atoms with Crippen molar-refractivity contribution < 1.29 is 13.2 Å². The summed E-state index contributed by atoms with van der Waals surface area (Å²) in [4.78, 5) is 18.0. The van der Waals surface area contributed by atoms with Crippen LogP contribution in [-0.4, -0.2) is 25.9 Å². The van der Waals surface area contributed by atoms with Gasteiger partial charge in [-0.25, -0.2) is 8.42 Å². The van der Waals surface area contributed by atoms with Gasteiger partial charge in [-0.3, -0.25) is 14.5 Å². The Balaban J connectivity index is 1.71. The monoisotopic (exact) mass is 381 g/mol. The zero-order valence-electron chi connectivity index (χ0n) is 14.8. The summed E-state index contributed by atoms with van der Waals surface area (Å²) in [7, 11) is -3.77. The third-order valence-corrected chi connectivity index (χ3v) is 6.10. The van der Waals surface area contributed by atoms with Gasteiger partial charge in [-0.05, 0) is 48.7 Å². The lowest BCUT2D eigenvalue weighted by Crippen LogP contribution is -2.33. The molecule has 1 aromatic heterocycles. The Kier molecular flexibility index (Phi) is 4.31. The number of fused-ring (bicyclic) bond motifs is 2. The number of anilines is 2. The number of nitrogens with zero attached hydrogens (tertiary/aromatic N) is 2. The molecule has 0 saturated carbocycles. The molecule has 7 heteroatoms. The van der Waals surface area contributed by atoms with Crippen molar-refractivity contribution in [3.63, 3.8) is 0 Å². The topological polar surface area (TPSA) is 79.4 Å². The van der Waals surface area contributed by atoms with Crippen LogP contribution in [0.4, 0.5) is 11.4 Å². The number of aromatic nitrogens is 1. The van der Waals surface area contributed by atoms with Crippen molar-refractivity contribution in [3.8, 4) is 0 Å². The second kappa shape index (κ2) is 6.66. The largest absolute Gasteiger partial charge is 0.312 e. The number of hydrogen-bond donors (Lipinski definition) is 1. The first kappa shape index (κ1) is 17.5. The minimum absolute atomic E-state index is 0.0356. The van der Waals surface area contributed by atoms with E-state index in [-0.39, 0.29) is 10.8 Å². The number of para-hydroxylation sites is 1. The quantitative estimate of drug-likeness (QED) is 0.755. The van der Waals surface area contributed by atoms with Crippen LogP contribution in [0.3, 0.4) is 0 Å². The summed E-state index contributed by atoms with van der Waals surface area (Å²) in [6, 6.07) is 14.0. The van der Waals surface area contributed by atoms with Gasteiger partial charge in [0.1, 0.15) is 0 Å². The Hall–Kier alpha value is -2.93. The van der Waals surface area contributed by atoms with E-state index in [1.165, 1.54) is 6.92 Å². The predicted octanol–water partition coefficient (Wildman–Crippen LogP) is 3.33. The van der Waals surface area contributed by atoms with Crippen molar-refractivity contribution in [1.29, 1.82) is 0 Å². The number of sulfonamides is 1. The van der Waals surface area contributed by atoms with Crippen LogP contribution in [0.25, 0.3) is 10.9 Å². The van der Waals surface area contributed by atoms with Gasteiger partial charge in [0.15, 0.2) is 0 Å². The molecule has 0 saturated heterocycles. The summed E-state index contributed by atoms with van der Waals surface area (Å²) in [5.74, 6) is -0.0356. The summed E-state index contributed by atoms with van der Waals surface area (Å²) < 4.78 is 28.5. The van der Waals surface area contributed by atoms with Crippen molar-refractivity contribution in [2.24, 2.45) is 0 Å². The zero-order chi connectivity index (χ0) is 19.0. The highest BCUT2D eigenvalue weighted by molar-refractivity contribution is 7.92. The van der Waals surface area contributed by atoms with Gasteiger partial charge in [0, 0.05) is 30.7 Å². The molecule has 1 amide bonds. The molecule has 2 aromatic carbocycles. The van der Waals surface area contributed by atoms with Gasteiger partial charge in [0.25, 0.3) is 10.0 Å². The van der Waals surface area contributed by atoms with Crippen molar-refractivity contribution >= 4 is 38.2 Å². The van der Waals surface area contributed by atoms with E-state index in [2.05, 4.69) is 9.71 Å². The van der Waals surface area contributed by atoms with E-state index in [0.29, 0.717) is 17.7 Å². The molecule has 0 radical (unpaired) electrons. The maximum atomic E-state index is 12.9. The van der Waals surface area contributed by atoms with Crippen LogP contribution in [0.2, 0.25) is 0 Å². The van der Waals surface area contributed by atoms with Crippen molar-refractivity contribution in [1.82, 2.24) is 4.98 Å². The lowest BCUT2D eigenvalue weighted by Gasteiger charge is -2.28. The van der Waals surface area contributed by atoms with Gasteiger partial charge in [-0.2, -0.15) is 0 Å². The van der Waals surface area contributed by atoms with Gasteiger partial charge in [0.2, 0.25) is 5.91 Å². The molecule has 3 aromatic rings. The highest BCUT2D eigenvalue weighted by atomic mass is 32.2. The van der Waals surface area contributed by atoms with Crippen LogP contribution < -0.4 is 9.62 Å². The van der Waals surface area contributed by atoms with E-state index in [1.54, 1.807) is 41.4 Å². The lowest BCUT2D eigenvalue weighted by atomic mass is 10.0. The highest BCUT2D eigenvalue weighted by Gasteiger charge is 2.23. The molecule has 4 rings (SSSR count). The minimum Gasteiger partial charge on any atom is -0.312 e. The number of pyridine rings is 1. The maximum Gasteiger partial charge on any atom is 0.261 e. The molecule has 6 nitrogen and oxygen atoms in total. The molecule has 1 N–H and O–H groups in total. The van der Waals surface area contributed by atoms with Crippen LogP contribution >= 0.6 is 0 Å². The number of amides is 1. The Morgan fingerprint density at radius 3 is 2.78 bits per heavy atom. The first-order valence-corrected chi connectivity index (χ1v) is 10.2. The van der Waals surface area contributed by atoms with Crippen molar-refractivity contribution in [2.75, 3.05) is 16.2 Å². The SMILES string of the molecule is CC(=O)N1CCCc2cc(S(=O)(=O)Nc3cccc4cccnc34)ccc21. The summed E-state index contributed by atoms with van der Waals surface area (Å²) in [5, 5.41) is 0.861. The average molecular weight is 381 g/mol. The lowest BCUT2D eigenvalue weighted by molar-refractivity contribution is -0.116. The number of nitrogens with one attached hydrogen (secondary N) is 1. The third kappa shape index (κ3) is 3.26. The van der Waals surface area contributed by atoms with Gasteiger partial charge in [-0.15, -0.1) is 0 Å². The number of aryl methyl sites for hydroxylation is 1. The number of rotatable bonds is 3. The summed E-state index contributed by atoms with van der Waals surface area (Å²) in [6.07, 6.45) is 3.20. The smallest absolute Gasteiger partial charge is 0.261 e. The molecule has 1 aliphatic rings. The second-order valence-corrected chi connectivity index (χ2v) is 8.23. The molecule has 1 aliphatic heterocycles. The van der Waals surface area contributed by atoms with Crippen LogP contribution in [0.1, 0.15) is 18.9 Å². The molecule has 2 heterocycles. The summed E-state index contributed by atoms with van der Waals surface area (Å²) in [5.41, 5.74) is 2.70. The second-order valence-electron chi connectivity index (χ2n) is 6.55. The number of hydrogen-bond acceptors (Lipinski definition) is 4. The van der Waals surface area contributed by atoms with E-state index in [4.69, 9.17) is 0 Å². The first-order valence-electron chi connectivity index (χ1n) is 8.73. The van der Waals surface area contributed by atoms with Crippen molar-refractivity contribution in [2.45, 2.75) is 24.7 Å². The normalized spacial score (nSPS) is 14.0. The maximum absolute atomic E-state index is 12.9. The van der Waals surface area contributed by atoms with Crippen LogP contribution in [0, 0.1) is 0 Å². The van der Waals surface area contributed by atoms with E-state index in [0.717, 1.165) is 29.5 Å². The molecule has 0 fully saturated rings. The van der Waals surface area contributed by atoms with Gasteiger partial charge in [0.05, 0.1) is 16.1 Å². The average Bonchev–Trinajstić information content (AvgIpc) is 2.67. The van der Waals surface area contributed by atoms with E-state index >= 15 is 0 Å². The number of benzene rings is 2. The molecule has 138 valence electrons. The van der Waals surface area contributed by atoms with Gasteiger partial charge >= 0.3 is 0 Å². The number of carbonyl (C=O) groups is 1. The molecular formula is C20H19N3O3S. The van der Waals surface area contributed by atoms with Crippen LogP contribution in [-0.2, 0) is 21.2 Å². The first-order chi connectivity index (χ1) is 13.0. The van der Waals surface area contributed by atoms with Gasteiger partial charge in [-0.1, -0.05) is 18.2 Å². The Morgan fingerprint density at radius 1 is 1.15 bits per heavy atom. The fourth-order valence-electron chi connectivity index (χ4n) is 3.46. The van der Waals surface area contributed by atoms with E-state index < -0.39 is 10.0 Å². The molecule has 0 aliphatic carbocycles. The molecule has 27 heavy (non-hydrogen) atoms. The Bertz CT molecular complexity index is 1140. The third-order valence-electron chi connectivity index (χ3n) is 4.74. The summed E-state index contributed by atoms with van der Waals surface area (Å²) >= 11 is 0. The highest BCUT2D eigenvalue weighted by Crippen LogP contribution is 2.31. The minimum atomic E-state index is -3.77. The number of carbonyl (C=O) groups excluding carboxylic acids is 1. The molecule has 0 bridgehead atoms. The molecular weight excluding hydrogens is 362 g/mol. The zero-order valence-corrected chi connectivity index (χ0v) is 15.7. The standard InChI is InChI=1S/C20H19N3O3S/c1-14(24)23-12-4-7-16-13-17(9-10-19(16)23)27(25,26)22-18-8-2-5-15-6-3-11-21-20(15)18/h2-3,5-6,8-11,13,22H,4,7,12H2,1H3. The van der Waals surface area contributed by atoms with E-state index in [1.807, 2.05) is 18.2 Å². The molecule has 0 atom stereocenters. The van der Waals surface area contributed by atoms with E-state index in [9.17, 15) is 13.2 Å². The van der Waals surface area contributed by atoms with Crippen molar-refractivity contribution in [3.05, 3.63) is 60.3 Å². The molecule has 0 spiro atoms. The van der Waals surface area contributed by atoms with Crippen LogP contribution in [0.5, 0.6) is 0 Å². The predicted molar refractivity (Wildman–Crippen MR) is 105 cm³/mol. The van der Waals surface area contributed by atoms with Gasteiger partial charge < -0.3 is 4.90 Å². The van der Waals surface area contributed by atoms with Crippen LogP contribution in [0.15, 0.2) is 59.6 Å².